The zero-order chi connectivity index (χ0) is 7.68. The average molecular weight is 157 g/mol. The molecule has 0 bridgehead atoms. The fraction of sp³-hybridized carbons (Fsp3) is 1.00. The van der Waals surface area contributed by atoms with Gasteiger partial charge in [-0.15, -0.1) is 0 Å². The Kier molecular flexibility index (Phi) is 2.09. The molecule has 0 radical (unpaired) electrons. The molecule has 2 fully saturated rings. The summed E-state index contributed by atoms with van der Waals surface area (Å²) in [5.41, 5.74) is 0. The van der Waals surface area contributed by atoms with E-state index in [1.54, 1.807) is 0 Å². The molecule has 2 rings (SSSR count). The number of nitrogens with one attached hydrogen (secondary N) is 1. The van der Waals surface area contributed by atoms with E-state index in [4.69, 9.17) is 0 Å². The molecule has 11 heavy (non-hydrogen) atoms. The van der Waals surface area contributed by atoms with E-state index in [0.29, 0.717) is 0 Å². The molecule has 0 aromatic heterocycles. The number of rotatable bonds is 0. The van der Waals surface area contributed by atoms with Crippen molar-refractivity contribution in [1.29, 1.82) is 0 Å². The van der Waals surface area contributed by atoms with Crippen LogP contribution in [0.2, 0.25) is 0 Å². The van der Waals surface area contributed by atoms with Crippen LogP contribution >= 0.6 is 0 Å². The maximum atomic E-state index is 9.43. The van der Waals surface area contributed by atoms with E-state index in [1.807, 2.05) is 0 Å². The van der Waals surface area contributed by atoms with Gasteiger partial charge in [0.05, 0.1) is 0 Å². The van der Waals surface area contributed by atoms with Crippen molar-refractivity contribution in [2.75, 3.05) is 26.2 Å². The summed E-state index contributed by atoms with van der Waals surface area (Å²) in [6.45, 7) is 4.07. The predicted octanol–water partition coefficient (Wildman–Crippen LogP) is -0.340. The number of hydroxylamine groups is 2. The van der Waals surface area contributed by atoms with Crippen LogP contribution in [0.3, 0.4) is 0 Å². The number of nitrogens with zero attached hydrogens (tertiary/aromatic N) is 2. The van der Waals surface area contributed by atoms with Crippen molar-refractivity contribution in [3.63, 3.8) is 0 Å². The Balaban J connectivity index is 1.99. The molecule has 0 spiro atoms. The summed E-state index contributed by atoms with van der Waals surface area (Å²) in [4.78, 5) is 2.28. The minimum absolute atomic E-state index is 0.0949. The van der Waals surface area contributed by atoms with E-state index in [0.717, 1.165) is 32.6 Å². The number of hydrogen-bond acceptors (Lipinski definition) is 4. The summed E-state index contributed by atoms with van der Waals surface area (Å²) in [5.74, 6) is 0. The molecule has 0 aliphatic carbocycles. The van der Waals surface area contributed by atoms with Crippen molar-refractivity contribution in [2.45, 2.75) is 19.1 Å². The zero-order valence-corrected chi connectivity index (χ0v) is 6.66. The minimum atomic E-state index is 0.0949. The van der Waals surface area contributed by atoms with E-state index in [2.05, 4.69) is 10.2 Å². The highest BCUT2D eigenvalue weighted by molar-refractivity contribution is 4.76. The first-order valence-corrected chi connectivity index (χ1v) is 4.31. The summed E-state index contributed by atoms with van der Waals surface area (Å²) >= 11 is 0. The van der Waals surface area contributed by atoms with Crippen LogP contribution in [0.25, 0.3) is 0 Å². The Hall–Kier alpha value is -0.160. The molecule has 2 heterocycles. The van der Waals surface area contributed by atoms with Gasteiger partial charge in [0.1, 0.15) is 6.29 Å². The normalized spacial score (nSPS) is 35.2. The Morgan fingerprint density at radius 3 is 2.82 bits per heavy atom. The quantitative estimate of drug-likeness (QED) is 0.504. The van der Waals surface area contributed by atoms with Crippen LogP contribution in [0.15, 0.2) is 0 Å². The molecule has 2 aliphatic heterocycles. The summed E-state index contributed by atoms with van der Waals surface area (Å²) in [6.07, 6.45) is 2.37. The second kappa shape index (κ2) is 3.06. The van der Waals surface area contributed by atoms with Crippen LogP contribution in [0.5, 0.6) is 0 Å². The van der Waals surface area contributed by atoms with Gasteiger partial charge in [0.15, 0.2) is 0 Å². The van der Waals surface area contributed by atoms with Crippen molar-refractivity contribution in [2.24, 2.45) is 0 Å². The molecule has 0 saturated carbocycles. The van der Waals surface area contributed by atoms with E-state index >= 15 is 0 Å². The third kappa shape index (κ3) is 1.39. The standard InChI is InChI=1S/C7H15N3O/c11-10-6-2-5-9-4-1-3-8-7(9)10/h7-8,11H,1-6H2. The Bertz CT molecular complexity index is 140. The second-order valence-electron chi connectivity index (χ2n) is 3.23. The molecule has 1 atom stereocenters. The highest BCUT2D eigenvalue weighted by atomic mass is 16.5. The van der Waals surface area contributed by atoms with Crippen LogP contribution < -0.4 is 5.32 Å². The lowest BCUT2D eigenvalue weighted by Crippen LogP contribution is -2.62. The molecule has 4 heteroatoms. The molecule has 2 saturated heterocycles. The Morgan fingerprint density at radius 2 is 2.00 bits per heavy atom. The van der Waals surface area contributed by atoms with Gasteiger partial charge in [0.2, 0.25) is 0 Å². The molecule has 64 valence electrons. The summed E-state index contributed by atoms with van der Waals surface area (Å²) < 4.78 is 0. The fourth-order valence-electron chi connectivity index (χ4n) is 1.85. The average Bonchev–Trinajstić information content (AvgIpc) is 2.06. The van der Waals surface area contributed by atoms with E-state index < -0.39 is 0 Å². The van der Waals surface area contributed by atoms with Crippen LogP contribution in [-0.2, 0) is 0 Å². The second-order valence-corrected chi connectivity index (χ2v) is 3.23. The third-order valence-corrected chi connectivity index (χ3v) is 2.41. The molecular formula is C7H15N3O. The predicted molar refractivity (Wildman–Crippen MR) is 41.1 cm³/mol. The van der Waals surface area contributed by atoms with Crippen LogP contribution in [0, 0.1) is 0 Å². The molecule has 4 nitrogen and oxygen atoms in total. The summed E-state index contributed by atoms with van der Waals surface area (Å²) in [5, 5.41) is 14.1. The van der Waals surface area contributed by atoms with Gasteiger partial charge in [-0.1, -0.05) is 0 Å². The van der Waals surface area contributed by atoms with Gasteiger partial charge in [-0.05, 0) is 19.4 Å². The molecule has 0 aromatic rings. The first-order valence-electron chi connectivity index (χ1n) is 4.31. The summed E-state index contributed by atoms with van der Waals surface area (Å²) in [7, 11) is 0. The van der Waals surface area contributed by atoms with Crippen molar-refractivity contribution in [3.8, 4) is 0 Å². The monoisotopic (exact) mass is 157 g/mol. The van der Waals surface area contributed by atoms with E-state index in [1.165, 1.54) is 11.5 Å². The maximum absolute atomic E-state index is 9.43. The maximum Gasteiger partial charge on any atom is 0.139 e. The Morgan fingerprint density at radius 1 is 1.18 bits per heavy atom. The lowest BCUT2D eigenvalue weighted by atomic mass is 10.2. The van der Waals surface area contributed by atoms with Gasteiger partial charge in [0.25, 0.3) is 0 Å². The highest BCUT2D eigenvalue weighted by Crippen LogP contribution is 2.13. The molecule has 2 N–H and O–H groups in total. The van der Waals surface area contributed by atoms with Gasteiger partial charge >= 0.3 is 0 Å². The molecule has 0 amide bonds. The molecule has 1 unspecified atom stereocenters. The minimum Gasteiger partial charge on any atom is -0.311 e. The van der Waals surface area contributed by atoms with Crippen molar-refractivity contribution >= 4 is 0 Å². The summed E-state index contributed by atoms with van der Waals surface area (Å²) in [6, 6.07) is 0. The zero-order valence-electron chi connectivity index (χ0n) is 6.66. The van der Waals surface area contributed by atoms with Gasteiger partial charge in [-0.25, -0.2) is 0 Å². The van der Waals surface area contributed by atoms with E-state index in [-0.39, 0.29) is 6.29 Å². The van der Waals surface area contributed by atoms with Crippen LogP contribution in [0.1, 0.15) is 12.8 Å². The van der Waals surface area contributed by atoms with Crippen LogP contribution in [-0.4, -0.2) is 47.6 Å². The SMILES string of the molecule is ON1CCCN2CCCNC12. The first kappa shape index (κ1) is 7.49. The van der Waals surface area contributed by atoms with Gasteiger partial charge in [0, 0.05) is 19.6 Å². The van der Waals surface area contributed by atoms with Gasteiger partial charge in [-0.2, -0.15) is 5.06 Å². The highest BCUT2D eigenvalue weighted by Gasteiger charge is 2.29. The van der Waals surface area contributed by atoms with Gasteiger partial charge in [-0.3, -0.25) is 10.2 Å². The van der Waals surface area contributed by atoms with Crippen molar-refractivity contribution < 1.29 is 5.21 Å². The number of fused-ring (bicyclic) bond motifs is 1. The molecule has 0 aromatic carbocycles. The van der Waals surface area contributed by atoms with Crippen molar-refractivity contribution in [1.82, 2.24) is 15.3 Å². The fourth-order valence-corrected chi connectivity index (χ4v) is 1.85. The Labute approximate surface area is 66.7 Å². The molecular weight excluding hydrogens is 142 g/mol. The smallest absolute Gasteiger partial charge is 0.139 e. The van der Waals surface area contributed by atoms with Gasteiger partial charge < -0.3 is 5.21 Å². The third-order valence-electron chi connectivity index (χ3n) is 2.41. The van der Waals surface area contributed by atoms with Crippen LogP contribution in [0.4, 0.5) is 0 Å². The molecule has 2 aliphatic rings. The van der Waals surface area contributed by atoms with Crippen molar-refractivity contribution in [3.05, 3.63) is 0 Å². The lowest BCUT2D eigenvalue weighted by molar-refractivity contribution is -0.208. The largest absolute Gasteiger partial charge is 0.311 e. The topological polar surface area (TPSA) is 38.7 Å². The first-order chi connectivity index (χ1) is 5.38. The van der Waals surface area contributed by atoms with E-state index in [9.17, 15) is 5.21 Å². The number of hydrogen-bond donors (Lipinski definition) is 2. The lowest BCUT2D eigenvalue weighted by Gasteiger charge is -2.43.